The van der Waals surface area contributed by atoms with E-state index in [1.807, 2.05) is 25.1 Å². The molecule has 1 aliphatic rings. The van der Waals surface area contributed by atoms with Crippen LogP contribution in [0.25, 0.3) is 0 Å². The number of rotatable bonds is 7. The highest BCUT2D eigenvalue weighted by Gasteiger charge is 2.23. The molecule has 1 aromatic carbocycles. The first-order chi connectivity index (χ1) is 12.2. The van der Waals surface area contributed by atoms with Crippen molar-refractivity contribution in [3.8, 4) is 5.75 Å². The number of para-hydroxylation sites is 1. The standard InChI is InChI=1S/C19H32N4O2/c1-5-25-18-9-7-6-8-17(18)13-22-19(20-4)21-12-15(2)23-10-11-24-14-16(23)3/h6-9,15-16H,5,10-14H2,1-4H3,(H2,20,21,22). The molecule has 1 saturated heterocycles. The normalized spacial score (nSPS) is 20.2. The van der Waals surface area contributed by atoms with E-state index in [-0.39, 0.29) is 0 Å². The molecule has 1 aliphatic heterocycles. The molecule has 2 atom stereocenters. The molecule has 1 aromatic rings. The molecule has 1 heterocycles. The van der Waals surface area contributed by atoms with Gasteiger partial charge in [0.1, 0.15) is 5.75 Å². The van der Waals surface area contributed by atoms with Crippen LogP contribution in [-0.4, -0.2) is 62.9 Å². The zero-order valence-corrected chi connectivity index (χ0v) is 15.9. The van der Waals surface area contributed by atoms with Crippen molar-refractivity contribution in [1.82, 2.24) is 15.5 Å². The zero-order chi connectivity index (χ0) is 18.1. The van der Waals surface area contributed by atoms with Gasteiger partial charge in [0.2, 0.25) is 0 Å². The Hall–Kier alpha value is -1.79. The van der Waals surface area contributed by atoms with Crippen LogP contribution in [-0.2, 0) is 11.3 Å². The third kappa shape index (κ3) is 5.90. The van der Waals surface area contributed by atoms with Gasteiger partial charge in [-0.1, -0.05) is 18.2 Å². The lowest BCUT2D eigenvalue weighted by molar-refractivity contribution is -0.0174. The molecule has 0 radical (unpaired) electrons. The summed E-state index contributed by atoms with van der Waals surface area (Å²) in [6.07, 6.45) is 0. The minimum Gasteiger partial charge on any atom is -0.494 e. The molecule has 0 aromatic heterocycles. The number of nitrogens with zero attached hydrogens (tertiary/aromatic N) is 2. The van der Waals surface area contributed by atoms with Crippen LogP contribution in [0.1, 0.15) is 26.3 Å². The molecule has 25 heavy (non-hydrogen) atoms. The van der Waals surface area contributed by atoms with Crippen molar-refractivity contribution in [1.29, 1.82) is 0 Å². The van der Waals surface area contributed by atoms with E-state index < -0.39 is 0 Å². The largest absolute Gasteiger partial charge is 0.494 e. The van der Waals surface area contributed by atoms with Crippen LogP contribution in [0.4, 0.5) is 0 Å². The van der Waals surface area contributed by atoms with Crippen molar-refractivity contribution in [2.75, 3.05) is 40.0 Å². The van der Waals surface area contributed by atoms with E-state index in [0.29, 0.717) is 25.2 Å². The third-order valence-corrected chi connectivity index (χ3v) is 4.49. The van der Waals surface area contributed by atoms with Gasteiger partial charge in [0.15, 0.2) is 5.96 Å². The molecule has 2 unspecified atom stereocenters. The molecule has 0 amide bonds. The molecule has 6 nitrogen and oxygen atoms in total. The fraction of sp³-hybridized carbons (Fsp3) is 0.632. The van der Waals surface area contributed by atoms with Crippen LogP contribution in [0.3, 0.4) is 0 Å². The lowest BCUT2D eigenvalue weighted by Gasteiger charge is -2.38. The van der Waals surface area contributed by atoms with Crippen LogP contribution >= 0.6 is 0 Å². The second-order valence-corrected chi connectivity index (χ2v) is 6.36. The highest BCUT2D eigenvalue weighted by molar-refractivity contribution is 5.79. The smallest absolute Gasteiger partial charge is 0.191 e. The van der Waals surface area contributed by atoms with Gasteiger partial charge in [-0.25, -0.2) is 0 Å². The Morgan fingerprint density at radius 1 is 1.40 bits per heavy atom. The number of guanidine groups is 1. The number of morpholine rings is 1. The summed E-state index contributed by atoms with van der Waals surface area (Å²) in [7, 11) is 1.80. The molecule has 0 aliphatic carbocycles. The summed E-state index contributed by atoms with van der Waals surface area (Å²) in [4.78, 5) is 6.81. The number of hydrogen-bond donors (Lipinski definition) is 2. The second-order valence-electron chi connectivity index (χ2n) is 6.36. The average Bonchev–Trinajstić information content (AvgIpc) is 2.63. The highest BCUT2D eigenvalue weighted by Crippen LogP contribution is 2.17. The first kappa shape index (κ1) is 19.5. The summed E-state index contributed by atoms with van der Waals surface area (Å²) < 4.78 is 11.2. The Balaban J connectivity index is 1.83. The van der Waals surface area contributed by atoms with Crippen molar-refractivity contribution in [3.63, 3.8) is 0 Å². The minimum absolute atomic E-state index is 0.424. The maximum Gasteiger partial charge on any atom is 0.191 e. The van der Waals surface area contributed by atoms with E-state index in [0.717, 1.165) is 43.6 Å². The van der Waals surface area contributed by atoms with E-state index >= 15 is 0 Å². The van der Waals surface area contributed by atoms with Crippen LogP contribution in [0.15, 0.2) is 29.3 Å². The number of hydrogen-bond acceptors (Lipinski definition) is 4. The van der Waals surface area contributed by atoms with Gasteiger partial charge in [0, 0.05) is 44.3 Å². The fourth-order valence-electron chi connectivity index (χ4n) is 3.10. The lowest BCUT2D eigenvalue weighted by Crippen LogP contribution is -2.52. The molecule has 0 bridgehead atoms. The Bertz CT molecular complexity index is 550. The first-order valence-corrected chi connectivity index (χ1v) is 9.14. The summed E-state index contributed by atoms with van der Waals surface area (Å²) in [6.45, 7) is 11.3. The molecule has 2 N–H and O–H groups in total. The van der Waals surface area contributed by atoms with E-state index in [9.17, 15) is 0 Å². The first-order valence-electron chi connectivity index (χ1n) is 9.14. The summed E-state index contributed by atoms with van der Waals surface area (Å²) in [5.74, 6) is 1.72. The van der Waals surface area contributed by atoms with E-state index in [4.69, 9.17) is 9.47 Å². The van der Waals surface area contributed by atoms with Crippen LogP contribution in [0.2, 0.25) is 0 Å². The van der Waals surface area contributed by atoms with Gasteiger partial charge in [0.05, 0.1) is 19.8 Å². The van der Waals surface area contributed by atoms with Crippen molar-refractivity contribution in [2.45, 2.75) is 39.4 Å². The summed E-state index contributed by atoms with van der Waals surface area (Å²) >= 11 is 0. The Morgan fingerprint density at radius 2 is 2.20 bits per heavy atom. The summed E-state index contributed by atoms with van der Waals surface area (Å²) in [6, 6.07) is 8.97. The molecule has 0 spiro atoms. The maximum absolute atomic E-state index is 5.67. The van der Waals surface area contributed by atoms with Crippen molar-refractivity contribution in [3.05, 3.63) is 29.8 Å². The third-order valence-electron chi connectivity index (χ3n) is 4.49. The fourth-order valence-corrected chi connectivity index (χ4v) is 3.10. The molecular weight excluding hydrogens is 316 g/mol. The van der Waals surface area contributed by atoms with Crippen molar-refractivity contribution >= 4 is 5.96 Å². The molecule has 140 valence electrons. The van der Waals surface area contributed by atoms with E-state index in [2.05, 4.69) is 40.4 Å². The zero-order valence-electron chi connectivity index (χ0n) is 15.9. The number of benzene rings is 1. The van der Waals surface area contributed by atoms with Gasteiger partial charge in [-0.3, -0.25) is 9.89 Å². The monoisotopic (exact) mass is 348 g/mol. The summed E-state index contributed by atoms with van der Waals surface area (Å²) in [5.41, 5.74) is 1.13. The quantitative estimate of drug-likeness (QED) is 0.582. The second kappa shape index (κ2) is 10.3. The highest BCUT2D eigenvalue weighted by atomic mass is 16.5. The molecule has 6 heteroatoms. The van der Waals surface area contributed by atoms with Gasteiger partial charge < -0.3 is 20.1 Å². The Morgan fingerprint density at radius 3 is 2.92 bits per heavy atom. The Kier molecular flexibility index (Phi) is 8.01. The number of nitrogens with one attached hydrogen (secondary N) is 2. The van der Waals surface area contributed by atoms with E-state index in [1.165, 1.54) is 0 Å². The predicted octanol–water partition coefficient (Wildman–Crippen LogP) is 1.86. The lowest BCUT2D eigenvalue weighted by atomic mass is 10.2. The summed E-state index contributed by atoms with van der Waals surface area (Å²) in [5, 5.41) is 6.79. The molecule has 1 fully saturated rings. The topological polar surface area (TPSA) is 58.1 Å². The van der Waals surface area contributed by atoms with Crippen LogP contribution < -0.4 is 15.4 Å². The number of ether oxygens (including phenoxy) is 2. The maximum atomic E-state index is 5.67. The molecule has 2 rings (SSSR count). The van der Waals surface area contributed by atoms with Crippen molar-refractivity contribution < 1.29 is 9.47 Å². The van der Waals surface area contributed by atoms with Gasteiger partial charge in [-0.05, 0) is 26.8 Å². The Labute approximate surface area is 151 Å². The van der Waals surface area contributed by atoms with Gasteiger partial charge in [-0.2, -0.15) is 0 Å². The number of aliphatic imine (C=N–C) groups is 1. The van der Waals surface area contributed by atoms with Crippen LogP contribution in [0, 0.1) is 0 Å². The average molecular weight is 348 g/mol. The SMILES string of the molecule is CCOc1ccccc1CNC(=NC)NCC(C)N1CCOCC1C. The van der Waals surface area contributed by atoms with Gasteiger partial charge >= 0.3 is 0 Å². The van der Waals surface area contributed by atoms with Crippen molar-refractivity contribution in [2.24, 2.45) is 4.99 Å². The molecular formula is C19H32N4O2. The van der Waals surface area contributed by atoms with E-state index in [1.54, 1.807) is 7.05 Å². The predicted molar refractivity (Wildman–Crippen MR) is 102 cm³/mol. The van der Waals surface area contributed by atoms with Gasteiger partial charge in [-0.15, -0.1) is 0 Å². The van der Waals surface area contributed by atoms with Crippen LogP contribution in [0.5, 0.6) is 5.75 Å². The minimum atomic E-state index is 0.424. The molecule has 0 saturated carbocycles. The van der Waals surface area contributed by atoms with Gasteiger partial charge in [0.25, 0.3) is 0 Å².